The molecule has 0 spiro atoms. The zero-order valence-electron chi connectivity index (χ0n) is 17.1. The van der Waals surface area contributed by atoms with Gasteiger partial charge in [-0.05, 0) is 61.4 Å². The molecule has 2 aromatic carbocycles. The van der Waals surface area contributed by atoms with E-state index in [9.17, 15) is 4.79 Å². The van der Waals surface area contributed by atoms with E-state index in [1.807, 2.05) is 24.3 Å². The van der Waals surface area contributed by atoms with Crippen LogP contribution >= 0.6 is 11.8 Å². The molecule has 0 atom stereocenters. The first-order chi connectivity index (χ1) is 13.5. The van der Waals surface area contributed by atoms with E-state index in [1.165, 1.54) is 28.5 Å². The Hall–Kier alpha value is -2.47. The second kappa shape index (κ2) is 11.4. The van der Waals surface area contributed by atoms with E-state index in [-0.39, 0.29) is 5.91 Å². The Kier molecular flexibility index (Phi) is 8.88. The van der Waals surface area contributed by atoms with Gasteiger partial charge in [-0.25, -0.2) is 4.99 Å². The van der Waals surface area contributed by atoms with Crippen LogP contribution in [0.2, 0.25) is 0 Å². The summed E-state index contributed by atoms with van der Waals surface area (Å²) < 4.78 is 0. The topological polar surface area (TPSA) is 65.5 Å². The molecule has 5 nitrogen and oxygen atoms in total. The predicted molar refractivity (Wildman–Crippen MR) is 120 cm³/mol. The van der Waals surface area contributed by atoms with E-state index in [2.05, 4.69) is 54.3 Å². The number of aliphatic imine (C=N–C) groups is 1. The maximum absolute atomic E-state index is 11.1. The van der Waals surface area contributed by atoms with E-state index in [4.69, 9.17) is 4.99 Å². The fourth-order valence-corrected chi connectivity index (χ4v) is 3.47. The average molecular weight is 399 g/mol. The first-order valence-corrected chi connectivity index (χ1v) is 10.8. The molecular weight excluding hydrogens is 368 g/mol. The minimum atomic E-state index is -0.0564. The summed E-state index contributed by atoms with van der Waals surface area (Å²) in [6.07, 6.45) is 2.98. The summed E-state index contributed by atoms with van der Waals surface area (Å²) >= 11 is 1.76. The van der Waals surface area contributed by atoms with E-state index in [1.54, 1.807) is 11.8 Å². The van der Waals surface area contributed by atoms with Crippen LogP contribution in [-0.4, -0.2) is 31.2 Å². The fraction of sp³-hybridized carbons (Fsp3) is 0.364. The van der Waals surface area contributed by atoms with Gasteiger partial charge in [-0.2, -0.15) is 0 Å². The van der Waals surface area contributed by atoms with Gasteiger partial charge < -0.3 is 16.0 Å². The lowest BCUT2D eigenvalue weighted by atomic mass is 10.1. The Balaban J connectivity index is 1.91. The number of thioether (sulfide) groups is 1. The lowest BCUT2D eigenvalue weighted by Crippen LogP contribution is -2.38. The van der Waals surface area contributed by atoms with E-state index in [0.717, 1.165) is 31.2 Å². The highest BCUT2D eigenvalue weighted by Gasteiger charge is 2.03. The van der Waals surface area contributed by atoms with Gasteiger partial charge in [-0.15, -0.1) is 11.8 Å². The summed E-state index contributed by atoms with van der Waals surface area (Å²) in [7, 11) is 0. The van der Waals surface area contributed by atoms with Crippen molar-refractivity contribution in [3.05, 3.63) is 59.2 Å². The number of anilines is 1. The van der Waals surface area contributed by atoms with Crippen LogP contribution in [0.15, 0.2) is 52.4 Å². The van der Waals surface area contributed by atoms with Gasteiger partial charge in [0.25, 0.3) is 0 Å². The minimum Gasteiger partial charge on any atom is -0.357 e. The van der Waals surface area contributed by atoms with Crippen molar-refractivity contribution in [3.8, 4) is 0 Å². The molecule has 0 unspecified atom stereocenters. The Morgan fingerprint density at radius 2 is 1.86 bits per heavy atom. The lowest BCUT2D eigenvalue weighted by Gasteiger charge is -2.12. The van der Waals surface area contributed by atoms with Crippen LogP contribution in [0.3, 0.4) is 0 Å². The molecular formula is C22H30N4OS. The molecule has 1 amide bonds. The van der Waals surface area contributed by atoms with Gasteiger partial charge in [-0.3, -0.25) is 4.79 Å². The molecule has 0 aliphatic carbocycles. The predicted octanol–water partition coefficient (Wildman–Crippen LogP) is 3.97. The maximum Gasteiger partial charge on any atom is 0.221 e. The van der Waals surface area contributed by atoms with Crippen molar-refractivity contribution < 1.29 is 4.79 Å². The van der Waals surface area contributed by atoms with E-state index >= 15 is 0 Å². The number of rotatable bonds is 8. The van der Waals surface area contributed by atoms with Gasteiger partial charge in [0, 0.05) is 30.6 Å². The van der Waals surface area contributed by atoms with Crippen LogP contribution in [0, 0.1) is 6.92 Å². The van der Waals surface area contributed by atoms with Gasteiger partial charge in [0.2, 0.25) is 5.91 Å². The Morgan fingerprint density at radius 1 is 1.11 bits per heavy atom. The van der Waals surface area contributed by atoms with Crippen molar-refractivity contribution >= 4 is 29.3 Å². The quantitative estimate of drug-likeness (QED) is 0.358. The summed E-state index contributed by atoms with van der Waals surface area (Å²) in [6, 6.07) is 14.4. The Labute approximate surface area is 172 Å². The summed E-state index contributed by atoms with van der Waals surface area (Å²) in [4.78, 5) is 17.1. The molecule has 0 fully saturated rings. The van der Waals surface area contributed by atoms with Gasteiger partial charge in [0.1, 0.15) is 0 Å². The molecule has 0 aromatic heterocycles. The molecule has 0 saturated carbocycles. The average Bonchev–Trinajstić information content (AvgIpc) is 2.67. The third kappa shape index (κ3) is 7.27. The third-order valence-electron chi connectivity index (χ3n) is 4.17. The normalized spacial score (nSPS) is 11.2. The van der Waals surface area contributed by atoms with Gasteiger partial charge in [-0.1, -0.05) is 24.3 Å². The maximum atomic E-state index is 11.1. The number of nitrogens with one attached hydrogen (secondary N) is 3. The molecule has 0 saturated heterocycles. The molecule has 0 aliphatic heterocycles. The van der Waals surface area contributed by atoms with E-state index in [0.29, 0.717) is 6.54 Å². The number of benzene rings is 2. The molecule has 0 heterocycles. The largest absolute Gasteiger partial charge is 0.357 e. The SMILES string of the molecule is CCNC(=NCc1ccc(C)cc1SC)NCCc1ccc(NC(C)=O)cc1. The number of carbonyl (C=O) groups is 1. The molecule has 2 rings (SSSR count). The molecule has 3 N–H and O–H groups in total. The number of nitrogens with zero attached hydrogens (tertiary/aromatic N) is 1. The monoisotopic (exact) mass is 398 g/mol. The smallest absolute Gasteiger partial charge is 0.221 e. The van der Waals surface area contributed by atoms with Gasteiger partial charge >= 0.3 is 0 Å². The number of hydrogen-bond acceptors (Lipinski definition) is 3. The zero-order valence-corrected chi connectivity index (χ0v) is 18.0. The first kappa shape index (κ1) is 21.8. The minimum absolute atomic E-state index is 0.0564. The number of hydrogen-bond donors (Lipinski definition) is 3. The summed E-state index contributed by atoms with van der Waals surface area (Å²) in [6.45, 7) is 7.95. The van der Waals surface area contributed by atoms with Gasteiger partial charge in [0.15, 0.2) is 5.96 Å². The van der Waals surface area contributed by atoms with Crippen molar-refractivity contribution in [2.24, 2.45) is 4.99 Å². The van der Waals surface area contributed by atoms with Crippen molar-refractivity contribution in [3.63, 3.8) is 0 Å². The molecule has 150 valence electrons. The van der Waals surface area contributed by atoms with Gasteiger partial charge in [0.05, 0.1) is 6.54 Å². The van der Waals surface area contributed by atoms with Crippen molar-refractivity contribution in [2.45, 2.75) is 38.6 Å². The summed E-state index contributed by atoms with van der Waals surface area (Å²) in [5.74, 6) is 0.768. The number of amides is 1. The number of guanidine groups is 1. The first-order valence-electron chi connectivity index (χ1n) is 9.54. The molecule has 0 radical (unpaired) electrons. The summed E-state index contributed by atoms with van der Waals surface area (Å²) in [5, 5.41) is 9.48. The second-order valence-corrected chi connectivity index (χ2v) is 7.41. The standard InChI is InChI=1S/C22H30N4OS/c1-5-23-22(25-15-19-9-6-16(2)14-21(19)28-4)24-13-12-18-7-10-20(11-8-18)26-17(3)27/h6-11,14H,5,12-13,15H2,1-4H3,(H,26,27)(H2,23,24,25). The second-order valence-electron chi connectivity index (χ2n) is 6.57. The van der Waals surface area contributed by atoms with Crippen LogP contribution in [0.1, 0.15) is 30.5 Å². The van der Waals surface area contributed by atoms with Crippen LogP contribution in [-0.2, 0) is 17.8 Å². The molecule has 2 aromatic rings. The van der Waals surface area contributed by atoms with Crippen molar-refractivity contribution in [1.82, 2.24) is 10.6 Å². The molecule has 6 heteroatoms. The van der Waals surface area contributed by atoms with Crippen LogP contribution in [0.4, 0.5) is 5.69 Å². The van der Waals surface area contributed by atoms with Crippen LogP contribution in [0.25, 0.3) is 0 Å². The number of carbonyl (C=O) groups excluding carboxylic acids is 1. The highest BCUT2D eigenvalue weighted by molar-refractivity contribution is 7.98. The van der Waals surface area contributed by atoms with Crippen LogP contribution in [0.5, 0.6) is 0 Å². The third-order valence-corrected chi connectivity index (χ3v) is 4.99. The van der Waals surface area contributed by atoms with Crippen molar-refractivity contribution in [2.75, 3.05) is 24.7 Å². The fourth-order valence-electron chi connectivity index (χ4n) is 2.77. The molecule has 0 aliphatic rings. The Bertz CT molecular complexity index is 803. The lowest BCUT2D eigenvalue weighted by molar-refractivity contribution is -0.114. The Morgan fingerprint density at radius 3 is 2.50 bits per heavy atom. The van der Waals surface area contributed by atoms with E-state index < -0.39 is 0 Å². The highest BCUT2D eigenvalue weighted by Crippen LogP contribution is 2.22. The van der Waals surface area contributed by atoms with Crippen LogP contribution < -0.4 is 16.0 Å². The summed E-state index contributed by atoms with van der Waals surface area (Å²) in [5.41, 5.74) is 4.54. The van der Waals surface area contributed by atoms with Crippen molar-refractivity contribution in [1.29, 1.82) is 0 Å². The number of aryl methyl sites for hydroxylation is 1. The highest BCUT2D eigenvalue weighted by atomic mass is 32.2. The molecule has 0 bridgehead atoms. The zero-order chi connectivity index (χ0) is 20.4. The molecule has 28 heavy (non-hydrogen) atoms.